The van der Waals surface area contributed by atoms with E-state index < -0.39 is 0 Å². The van der Waals surface area contributed by atoms with Crippen LogP contribution in [0.4, 0.5) is 0 Å². The second-order valence-electron chi connectivity index (χ2n) is 7.04. The standard InChI is InChI=1S/C22H27NO4/c1-26-20-8-7-18(12-21(20)27-2)11-19-9-10-23(14-19)22(25)13-16-3-5-17(15-24)6-4-16/h3-8,12,19,24H,9-11,13-15H2,1-2H3. The van der Waals surface area contributed by atoms with Crippen molar-refractivity contribution in [1.82, 2.24) is 4.90 Å². The van der Waals surface area contributed by atoms with E-state index >= 15 is 0 Å². The van der Waals surface area contributed by atoms with E-state index in [0.29, 0.717) is 12.3 Å². The highest BCUT2D eigenvalue weighted by Gasteiger charge is 2.26. The van der Waals surface area contributed by atoms with Gasteiger partial charge >= 0.3 is 0 Å². The van der Waals surface area contributed by atoms with Gasteiger partial charge in [-0.1, -0.05) is 30.3 Å². The molecule has 1 aliphatic heterocycles. The van der Waals surface area contributed by atoms with Crippen LogP contribution in [0.5, 0.6) is 11.5 Å². The molecule has 5 nitrogen and oxygen atoms in total. The minimum atomic E-state index is 0.0260. The zero-order chi connectivity index (χ0) is 19.2. The molecule has 2 aromatic rings. The van der Waals surface area contributed by atoms with Crippen LogP contribution in [-0.4, -0.2) is 43.2 Å². The summed E-state index contributed by atoms with van der Waals surface area (Å²) in [5.41, 5.74) is 3.05. The number of rotatable bonds is 7. The van der Waals surface area contributed by atoms with Crippen LogP contribution in [0.15, 0.2) is 42.5 Å². The third-order valence-corrected chi connectivity index (χ3v) is 5.17. The highest BCUT2D eigenvalue weighted by molar-refractivity contribution is 5.79. The Morgan fingerprint density at radius 2 is 1.70 bits per heavy atom. The van der Waals surface area contributed by atoms with Gasteiger partial charge in [0.05, 0.1) is 27.2 Å². The van der Waals surface area contributed by atoms with E-state index in [1.54, 1.807) is 14.2 Å². The summed E-state index contributed by atoms with van der Waals surface area (Å²) >= 11 is 0. The van der Waals surface area contributed by atoms with Crippen LogP contribution >= 0.6 is 0 Å². The number of likely N-dealkylation sites (tertiary alicyclic amines) is 1. The smallest absolute Gasteiger partial charge is 0.226 e. The molecule has 1 saturated heterocycles. The molecule has 0 spiro atoms. The van der Waals surface area contributed by atoms with Gasteiger partial charge in [-0.15, -0.1) is 0 Å². The second kappa shape index (κ2) is 8.91. The van der Waals surface area contributed by atoms with Crippen LogP contribution in [0.2, 0.25) is 0 Å². The van der Waals surface area contributed by atoms with E-state index in [4.69, 9.17) is 14.6 Å². The molecule has 1 amide bonds. The first-order chi connectivity index (χ1) is 13.1. The van der Waals surface area contributed by atoms with Gasteiger partial charge in [0.2, 0.25) is 5.91 Å². The van der Waals surface area contributed by atoms with E-state index in [1.807, 2.05) is 41.3 Å². The molecule has 144 valence electrons. The van der Waals surface area contributed by atoms with Gasteiger partial charge in [0.1, 0.15) is 0 Å². The Bertz CT molecular complexity index is 772. The van der Waals surface area contributed by atoms with Crippen LogP contribution < -0.4 is 9.47 Å². The first-order valence-electron chi connectivity index (χ1n) is 9.30. The van der Waals surface area contributed by atoms with Gasteiger partial charge in [0.25, 0.3) is 0 Å². The Kier molecular flexibility index (Phi) is 6.35. The Balaban J connectivity index is 1.55. The average molecular weight is 369 g/mol. The number of nitrogens with zero attached hydrogens (tertiary/aromatic N) is 1. The summed E-state index contributed by atoms with van der Waals surface area (Å²) in [6, 6.07) is 13.6. The van der Waals surface area contributed by atoms with Gasteiger partial charge < -0.3 is 19.5 Å². The van der Waals surface area contributed by atoms with E-state index in [2.05, 4.69) is 6.07 Å². The molecule has 1 aliphatic rings. The molecule has 1 atom stereocenters. The lowest BCUT2D eigenvalue weighted by atomic mass is 9.98. The molecule has 0 aromatic heterocycles. The van der Waals surface area contributed by atoms with Gasteiger partial charge in [-0.3, -0.25) is 4.79 Å². The molecule has 0 bridgehead atoms. The Morgan fingerprint density at radius 3 is 2.37 bits per heavy atom. The fourth-order valence-electron chi connectivity index (χ4n) is 3.62. The van der Waals surface area contributed by atoms with Gasteiger partial charge in [-0.25, -0.2) is 0 Å². The number of benzene rings is 2. The first-order valence-corrected chi connectivity index (χ1v) is 9.30. The molecule has 3 rings (SSSR count). The molecule has 0 saturated carbocycles. The number of ether oxygens (including phenoxy) is 2. The first kappa shape index (κ1) is 19.2. The average Bonchev–Trinajstić information content (AvgIpc) is 3.17. The third kappa shape index (κ3) is 4.80. The topological polar surface area (TPSA) is 59.0 Å². The molecule has 1 N–H and O–H groups in total. The van der Waals surface area contributed by atoms with Crippen molar-refractivity contribution in [2.24, 2.45) is 5.92 Å². The fourth-order valence-corrected chi connectivity index (χ4v) is 3.62. The Labute approximate surface area is 160 Å². The number of carbonyl (C=O) groups is 1. The predicted octanol–water partition coefficient (Wildman–Crippen LogP) is 2.83. The number of carbonyl (C=O) groups excluding carboxylic acids is 1. The molecule has 2 aromatic carbocycles. The van der Waals surface area contributed by atoms with Gasteiger partial charge in [-0.05, 0) is 47.6 Å². The van der Waals surface area contributed by atoms with E-state index in [-0.39, 0.29) is 12.5 Å². The molecular weight excluding hydrogens is 342 g/mol. The fraction of sp³-hybridized carbons (Fsp3) is 0.409. The zero-order valence-corrected chi connectivity index (χ0v) is 16.0. The summed E-state index contributed by atoms with van der Waals surface area (Å²) in [5.74, 6) is 2.11. The Morgan fingerprint density at radius 1 is 1.04 bits per heavy atom. The van der Waals surface area contributed by atoms with Crippen molar-refractivity contribution >= 4 is 5.91 Å². The summed E-state index contributed by atoms with van der Waals surface area (Å²) in [6.45, 7) is 1.63. The second-order valence-corrected chi connectivity index (χ2v) is 7.04. The minimum absolute atomic E-state index is 0.0260. The lowest BCUT2D eigenvalue weighted by molar-refractivity contribution is -0.129. The van der Waals surface area contributed by atoms with Crippen molar-refractivity contribution in [3.05, 3.63) is 59.2 Å². The maximum atomic E-state index is 12.6. The molecule has 0 aliphatic carbocycles. The normalized spacial score (nSPS) is 16.4. The van der Waals surface area contributed by atoms with Gasteiger partial charge in [0, 0.05) is 13.1 Å². The summed E-state index contributed by atoms with van der Waals surface area (Å²) in [5, 5.41) is 9.11. The van der Waals surface area contributed by atoms with E-state index in [0.717, 1.165) is 48.6 Å². The number of hydrogen-bond donors (Lipinski definition) is 1. The molecule has 1 heterocycles. The number of aliphatic hydroxyl groups is 1. The molecule has 27 heavy (non-hydrogen) atoms. The highest BCUT2D eigenvalue weighted by atomic mass is 16.5. The van der Waals surface area contributed by atoms with Crippen LogP contribution in [0.3, 0.4) is 0 Å². The summed E-state index contributed by atoms with van der Waals surface area (Å²) in [4.78, 5) is 14.6. The highest BCUT2D eigenvalue weighted by Crippen LogP contribution is 2.30. The van der Waals surface area contributed by atoms with Crippen molar-refractivity contribution < 1.29 is 19.4 Å². The number of aliphatic hydroxyl groups excluding tert-OH is 1. The third-order valence-electron chi connectivity index (χ3n) is 5.17. The SMILES string of the molecule is COc1ccc(CC2CCN(C(=O)Cc3ccc(CO)cc3)C2)cc1OC. The number of methoxy groups -OCH3 is 2. The molecule has 1 unspecified atom stereocenters. The summed E-state index contributed by atoms with van der Waals surface area (Å²) < 4.78 is 10.7. The number of hydrogen-bond acceptors (Lipinski definition) is 4. The van der Waals surface area contributed by atoms with Crippen LogP contribution in [-0.2, 0) is 24.2 Å². The number of amides is 1. The monoisotopic (exact) mass is 369 g/mol. The summed E-state index contributed by atoms with van der Waals surface area (Å²) in [7, 11) is 3.28. The molecule has 0 radical (unpaired) electrons. The maximum Gasteiger partial charge on any atom is 0.226 e. The predicted molar refractivity (Wildman–Crippen MR) is 104 cm³/mol. The molecule has 5 heteroatoms. The van der Waals surface area contributed by atoms with Gasteiger partial charge in [0.15, 0.2) is 11.5 Å². The van der Waals surface area contributed by atoms with E-state index in [9.17, 15) is 4.79 Å². The largest absolute Gasteiger partial charge is 0.493 e. The quantitative estimate of drug-likeness (QED) is 0.815. The molecular formula is C22H27NO4. The van der Waals surface area contributed by atoms with Gasteiger partial charge in [-0.2, -0.15) is 0 Å². The minimum Gasteiger partial charge on any atom is -0.493 e. The van der Waals surface area contributed by atoms with Crippen LogP contribution in [0.1, 0.15) is 23.1 Å². The molecule has 1 fully saturated rings. The van der Waals surface area contributed by atoms with E-state index in [1.165, 1.54) is 5.56 Å². The van der Waals surface area contributed by atoms with Crippen molar-refractivity contribution in [2.75, 3.05) is 27.3 Å². The van der Waals surface area contributed by atoms with Crippen molar-refractivity contribution in [3.8, 4) is 11.5 Å². The zero-order valence-electron chi connectivity index (χ0n) is 16.0. The van der Waals surface area contributed by atoms with Crippen molar-refractivity contribution in [1.29, 1.82) is 0 Å². The lowest BCUT2D eigenvalue weighted by Crippen LogP contribution is -2.30. The maximum absolute atomic E-state index is 12.6. The Hall–Kier alpha value is -2.53. The van der Waals surface area contributed by atoms with Crippen LogP contribution in [0, 0.1) is 5.92 Å². The summed E-state index contributed by atoms with van der Waals surface area (Å²) in [6.07, 6.45) is 2.35. The van der Waals surface area contributed by atoms with Crippen LogP contribution in [0.25, 0.3) is 0 Å². The lowest BCUT2D eigenvalue weighted by Gasteiger charge is -2.17. The van der Waals surface area contributed by atoms with Crippen molar-refractivity contribution in [3.63, 3.8) is 0 Å². The van der Waals surface area contributed by atoms with Crippen molar-refractivity contribution in [2.45, 2.75) is 25.9 Å².